The summed E-state index contributed by atoms with van der Waals surface area (Å²) in [6.45, 7) is 7.36. The molecule has 21 heavy (non-hydrogen) atoms. The molecule has 0 saturated carbocycles. The molecule has 0 spiro atoms. The summed E-state index contributed by atoms with van der Waals surface area (Å²) < 4.78 is 55.7. The molecule has 1 aromatic carbocycles. The predicted octanol–water partition coefficient (Wildman–Crippen LogP) is 3.01. The molecule has 0 amide bonds. The molecule has 1 aliphatic rings. The lowest BCUT2D eigenvalue weighted by molar-refractivity contribution is -0.138. The molecule has 0 aromatic heterocycles. The number of benzene rings is 1. The maximum atomic E-state index is 13.0. The van der Waals surface area contributed by atoms with Crippen LogP contribution >= 0.6 is 0 Å². The molecule has 3 nitrogen and oxygen atoms in total. The minimum atomic E-state index is -4.50. The van der Waals surface area contributed by atoms with E-state index in [4.69, 9.17) is 14.0 Å². The number of rotatable bonds is 2. The van der Waals surface area contributed by atoms with Crippen LogP contribution in [0.2, 0.25) is 0 Å². The third kappa shape index (κ3) is 2.76. The predicted molar refractivity (Wildman–Crippen MR) is 73.7 cm³/mol. The Morgan fingerprint density at radius 2 is 1.57 bits per heavy atom. The summed E-state index contributed by atoms with van der Waals surface area (Å²) in [6, 6.07) is 3.83. The molecule has 1 saturated heterocycles. The molecule has 2 rings (SSSR count). The second-order valence-corrected chi connectivity index (χ2v) is 6.01. The van der Waals surface area contributed by atoms with Crippen molar-refractivity contribution in [1.29, 1.82) is 0 Å². The van der Waals surface area contributed by atoms with Crippen LogP contribution in [0.25, 0.3) is 0 Å². The number of alkyl halides is 3. The molecule has 7 heteroatoms. The van der Waals surface area contributed by atoms with Crippen molar-refractivity contribution < 1.29 is 27.2 Å². The number of para-hydroxylation sites is 1. The number of hydrogen-bond acceptors (Lipinski definition) is 3. The van der Waals surface area contributed by atoms with Gasteiger partial charge in [0.15, 0.2) is 0 Å². The van der Waals surface area contributed by atoms with Crippen molar-refractivity contribution in [3.05, 3.63) is 23.8 Å². The first-order valence-electron chi connectivity index (χ1n) is 6.59. The van der Waals surface area contributed by atoms with Gasteiger partial charge in [0, 0.05) is 5.46 Å². The van der Waals surface area contributed by atoms with E-state index < -0.39 is 30.1 Å². The normalized spacial score (nSPS) is 20.7. The highest BCUT2D eigenvalue weighted by atomic mass is 19.4. The van der Waals surface area contributed by atoms with Crippen molar-refractivity contribution in [2.24, 2.45) is 0 Å². The number of ether oxygens (including phenoxy) is 1. The topological polar surface area (TPSA) is 27.7 Å². The second kappa shape index (κ2) is 4.92. The van der Waals surface area contributed by atoms with E-state index in [9.17, 15) is 13.2 Å². The lowest BCUT2D eigenvalue weighted by Gasteiger charge is -2.32. The molecule has 1 heterocycles. The van der Waals surface area contributed by atoms with Gasteiger partial charge in [0.05, 0.1) is 23.9 Å². The summed E-state index contributed by atoms with van der Waals surface area (Å²) in [7, 11) is 0.312. The molecule has 1 fully saturated rings. The number of halogens is 3. The first-order valence-corrected chi connectivity index (χ1v) is 6.59. The number of methoxy groups -OCH3 is 1. The minimum absolute atomic E-state index is 0.242. The second-order valence-electron chi connectivity index (χ2n) is 6.01. The van der Waals surface area contributed by atoms with E-state index in [0.717, 1.165) is 6.07 Å². The summed E-state index contributed by atoms with van der Waals surface area (Å²) in [6.07, 6.45) is -4.50. The highest BCUT2D eigenvalue weighted by molar-refractivity contribution is 6.63. The van der Waals surface area contributed by atoms with Gasteiger partial charge in [-0.05, 0) is 33.8 Å². The molecule has 0 unspecified atom stereocenters. The molecular weight excluding hydrogens is 284 g/mol. The van der Waals surface area contributed by atoms with Gasteiger partial charge in [0.25, 0.3) is 0 Å². The van der Waals surface area contributed by atoms with E-state index in [2.05, 4.69) is 0 Å². The zero-order valence-electron chi connectivity index (χ0n) is 12.7. The van der Waals surface area contributed by atoms with E-state index in [0.29, 0.717) is 0 Å². The molecule has 0 radical (unpaired) electrons. The van der Waals surface area contributed by atoms with Crippen molar-refractivity contribution in [2.45, 2.75) is 45.1 Å². The van der Waals surface area contributed by atoms with Crippen LogP contribution in [0.15, 0.2) is 18.2 Å². The average Bonchev–Trinajstić information content (AvgIpc) is 2.56. The van der Waals surface area contributed by atoms with Crippen molar-refractivity contribution >= 4 is 12.6 Å². The molecule has 116 valence electrons. The summed E-state index contributed by atoms with van der Waals surface area (Å²) >= 11 is 0. The average molecular weight is 302 g/mol. The fourth-order valence-electron chi connectivity index (χ4n) is 2.16. The van der Waals surface area contributed by atoms with Crippen molar-refractivity contribution in [2.75, 3.05) is 7.11 Å². The Hall–Kier alpha value is -1.21. The lowest BCUT2D eigenvalue weighted by atomic mass is 9.77. The first kappa shape index (κ1) is 16.2. The quantitative estimate of drug-likeness (QED) is 0.786. The van der Waals surface area contributed by atoms with Crippen LogP contribution in [0.1, 0.15) is 33.3 Å². The summed E-state index contributed by atoms with van der Waals surface area (Å²) in [5.74, 6) is -0.261. The minimum Gasteiger partial charge on any atom is -0.496 e. The van der Waals surface area contributed by atoms with Gasteiger partial charge in [0.2, 0.25) is 0 Å². The van der Waals surface area contributed by atoms with E-state index in [1.54, 1.807) is 0 Å². The Morgan fingerprint density at radius 1 is 1.05 bits per heavy atom. The molecule has 1 aromatic rings. The van der Waals surface area contributed by atoms with Crippen molar-refractivity contribution in [3.63, 3.8) is 0 Å². The van der Waals surface area contributed by atoms with Gasteiger partial charge in [-0.15, -0.1) is 0 Å². The summed E-state index contributed by atoms with van der Waals surface area (Å²) in [5.41, 5.74) is -1.85. The van der Waals surface area contributed by atoms with Crippen LogP contribution in [0, 0.1) is 0 Å². The van der Waals surface area contributed by atoms with Crippen LogP contribution in [0.4, 0.5) is 13.2 Å². The molecule has 0 atom stereocenters. The highest BCUT2D eigenvalue weighted by Gasteiger charge is 2.53. The highest BCUT2D eigenvalue weighted by Crippen LogP contribution is 2.39. The largest absolute Gasteiger partial charge is 0.498 e. The Kier molecular flexibility index (Phi) is 3.79. The van der Waals surface area contributed by atoms with Crippen molar-refractivity contribution in [3.8, 4) is 5.75 Å². The Bertz CT molecular complexity index is 525. The molecule has 1 aliphatic heterocycles. The third-order valence-electron chi connectivity index (χ3n) is 4.06. The zero-order valence-corrected chi connectivity index (χ0v) is 12.7. The SMILES string of the molecule is COc1c(B2OC(C)(C)C(C)(C)O2)cccc1C(F)(F)F. The first-order chi connectivity index (χ1) is 9.49. The Morgan fingerprint density at radius 3 is 2.00 bits per heavy atom. The van der Waals surface area contributed by atoms with Gasteiger partial charge in [0.1, 0.15) is 5.75 Å². The van der Waals surface area contributed by atoms with Crippen LogP contribution in [0.3, 0.4) is 0 Å². The standard InChI is InChI=1S/C14H18BF3O3/c1-12(2)13(3,4)21-15(20-12)10-8-6-7-9(11(10)19-5)14(16,17)18/h6-8H,1-5H3. The summed E-state index contributed by atoms with van der Waals surface area (Å²) in [4.78, 5) is 0. The zero-order chi connectivity index (χ0) is 16.1. The third-order valence-corrected chi connectivity index (χ3v) is 4.06. The molecule has 0 N–H and O–H groups in total. The van der Waals surface area contributed by atoms with E-state index >= 15 is 0 Å². The van der Waals surface area contributed by atoms with Gasteiger partial charge in [-0.3, -0.25) is 0 Å². The van der Waals surface area contributed by atoms with E-state index in [1.165, 1.54) is 19.2 Å². The van der Waals surface area contributed by atoms with Gasteiger partial charge in [-0.25, -0.2) is 0 Å². The molecule has 0 aliphatic carbocycles. The van der Waals surface area contributed by atoms with Gasteiger partial charge < -0.3 is 14.0 Å². The van der Waals surface area contributed by atoms with E-state index in [1.807, 2.05) is 27.7 Å². The van der Waals surface area contributed by atoms with Crippen LogP contribution in [-0.2, 0) is 15.5 Å². The van der Waals surface area contributed by atoms with E-state index in [-0.39, 0.29) is 11.2 Å². The lowest BCUT2D eigenvalue weighted by Crippen LogP contribution is -2.41. The van der Waals surface area contributed by atoms with Crippen molar-refractivity contribution in [1.82, 2.24) is 0 Å². The van der Waals surface area contributed by atoms with Crippen LogP contribution < -0.4 is 10.2 Å². The maximum Gasteiger partial charge on any atom is 0.498 e. The fraction of sp³-hybridized carbons (Fsp3) is 0.571. The monoisotopic (exact) mass is 302 g/mol. The summed E-state index contributed by atoms with van der Waals surface area (Å²) in [5, 5.41) is 0. The molecule has 0 bridgehead atoms. The maximum absolute atomic E-state index is 13.0. The van der Waals surface area contributed by atoms with Gasteiger partial charge in [-0.1, -0.05) is 12.1 Å². The van der Waals surface area contributed by atoms with Crippen LogP contribution in [0.5, 0.6) is 5.75 Å². The van der Waals surface area contributed by atoms with Crippen LogP contribution in [-0.4, -0.2) is 25.4 Å². The number of hydrogen-bond donors (Lipinski definition) is 0. The van der Waals surface area contributed by atoms with Gasteiger partial charge in [-0.2, -0.15) is 13.2 Å². The Balaban J connectivity index is 2.47. The Labute approximate surface area is 122 Å². The smallest absolute Gasteiger partial charge is 0.496 e. The van der Waals surface area contributed by atoms with Gasteiger partial charge >= 0.3 is 13.3 Å². The molecular formula is C14H18BF3O3. The fourth-order valence-corrected chi connectivity index (χ4v) is 2.16.